The summed E-state index contributed by atoms with van der Waals surface area (Å²) in [5.74, 6) is 0. The van der Waals surface area contributed by atoms with Gasteiger partial charge in [-0.05, 0) is 37.6 Å². The summed E-state index contributed by atoms with van der Waals surface area (Å²) in [4.78, 5) is 2.28. The van der Waals surface area contributed by atoms with Gasteiger partial charge < -0.3 is 0 Å². The van der Waals surface area contributed by atoms with Gasteiger partial charge in [-0.15, -0.1) is 0 Å². The molecule has 2 aliphatic heterocycles. The van der Waals surface area contributed by atoms with Crippen LogP contribution >= 0.6 is 0 Å². The fraction of sp³-hybridized carbons (Fsp3) is 0.846. The predicted octanol–water partition coefficient (Wildman–Crippen LogP) is 3.81. The van der Waals surface area contributed by atoms with Crippen molar-refractivity contribution >= 4 is 0 Å². The Morgan fingerprint density at radius 3 is 2.62 bits per heavy atom. The van der Waals surface area contributed by atoms with Gasteiger partial charge in [-0.25, -0.2) is 0 Å². The van der Waals surface area contributed by atoms with Crippen LogP contribution in [0.5, 0.6) is 0 Å². The van der Waals surface area contributed by atoms with Crippen LogP contribution in [0.4, 0.5) is 8.78 Å². The fourth-order valence-corrected chi connectivity index (χ4v) is 3.50. The maximum atomic E-state index is 12.7. The summed E-state index contributed by atoms with van der Waals surface area (Å²) in [6.45, 7) is 8.09. The molecule has 0 aromatic rings. The largest absolute Gasteiger partial charge is 0.293 e. The van der Waals surface area contributed by atoms with Crippen molar-refractivity contribution in [3.8, 4) is 0 Å². The van der Waals surface area contributed by atoms with Crippen molar-refractivity contribution < 1.29 is 8.78 Å². The van der Waals surface area contributed by atoms with E-state index in [-0.39, 0.29) is 11.0 Å². The summed E-state index contributed by atoms with van der Waals surface area (Å²) >= 11 is 0. The molecule has 0 amide bonds. The molecule has 0 radical (unpaired) electrons. The zero-order valence-electron chi connectivity index (χ0n) is 10.4. The SMILES string of the molecule is CC(C)(C)C[C@]12CCCN1CC(=C(F)F)C2. The van der Waals surface area contributed by atoms with E-state index in [4.69, 9.17) is 0 Å². The van der Waals surface area contributed by atoms with Crippen LogP contribution in [0.1, 0.15) is 46.5 Å². The molecule has 0 bridgehead atoms. The smallest absolute Gasteiger partial charge is 0.270 e. The molecule has 0 saturated carbocycles. The van der Waals surface area contributed by atoms with Crippen LogP contribution in [-0.4, -0.2) is 23.5 Å². The highest BCUT2D eigenvalue weighted by molar-refractivity contribution is 5.21. The number of rotatable bonds is 1. The maximum absolute atomic E-state index is 12.7. The predicted molar refractivity (Wildman–Crippen MR) is 61.5 cm³/mol. The van der Waals surface area contributed by atoms with Gasteiger partial charge in [-0.1, -0.05) is 20.8 Å². The van der Waals surface area contributed by atoms with E-state index in [1.807, 2.05) is 0 Å². The minimum absolute atomic E-state index is 0.0387. The van der Waals surface area contributed by atoms with Crippen molar-refractivity contribution in [3.63, 3.8) is 0 Å². The van der Waals surface area contributed by atoms with Crippen molar-refractivity contribution in [3.05, 3.63) is 11.7 Å². The zero-order chi connectivity index (χ0) is 12.0. The summed E-state index contributed by atoms with van der Waals surface area (Å²) in [6.07, 6.45) is 2.42. The van der Waals surface area contributed by atoms with Crippen LogP contribution in [-0.2, 0) is 0 Å². The average Bonchev–Trinajstić information content (AvgIpc) is 2.55. The molecule has 2 saturated heterocycles. The Morgan fingerprint density at radius 1 is 1.38 bits per heavy atom. The lowest BCUT2D eigenvalue weighted by Gasteiger charge is -2.37. The summed E-state index contributed by atoms with van der Waals surface area (Å²) in [5, 5.41) is 0. The van der Waals surface area contributed by atoms with Crippen LogP contribution in [0.3, 0.4) is 0 Å². The van der Waals surface area contributed by atoms with Gasteiger partial charge in [0.15, 0.2) is 0 Å². The molecule has 2 fully saturated rings. The molecular formula is C13H21F2N. The molecule has 0 spiro atoms. The topological polar surface area (TPSA) is 3.24 Å². The molecule has 92 valence electrons. The van der Waals surface area contributed by atoms with Gasteiger partial charge >= 0.3 is 0 Å². The Hall–Kier alpha value is -0.440. The molecule has 1 nitrogen and oxygen atoms in total. The molecule has 3 heteroatoms. The Balaban J connectivity index is 2.21. The van der Waals surface area contributed by atoms with E-state index in [1.54, 1.807) is 0 Å². The van der Waals surface area contributed by atoms with Gasteiger partial charge in [0.05, 0.1) is 0 Å². The van der Waals surface area contributed by atoms with Crippen molar-refractivity contribution in [1.82, 2.24) is 4.90 Å². The molecule has 0 aliphatic carbocycles. The normalized spacial score (nSPS) is 30.9. The van der Waals surface area contributed by atoms with Gasteiger partial charge in [0.1, 0.15) is 0 Å². The summed E-state index contributed by atoms with van der Waals surface area (Å²) in [5.41, 5.74) is 0.630. The standard InChI is InChI=1S/C13H21F2N/c1-12(2,3)9-13-5-4-6-16(13)8-10(7-13)11(14)15/h4-9H2,1-3H3/t13-/m1/s1. The molecule has 0 aromatic heterocycles. The first-order valence-corrected chi connectivity index (χ1v) is 6.11. The maximum Gasteiger partial charge on any atom is 0.270 e. The lowest BCUT2D eigenvalue weighted by molar-refractivity contribution is 0.130. The molecule has 16 heavy (non-hydrogen) atoms. The van der Waals surface area contributed by atoms with Crippen LogP contribution in [0.25, 0.3) is 0 Å². The lowest BCUT2D eigenvalue weighted by atomic mass is 9.77. The second-order valence-electron chi connectivity index (χ2n) is 6.53. The minimum atomic E-state index is -1.44. The second kappa shape index (κ2) is 3.80. The Labute approximate surface area is 96.5 Å². The third-order valence-electron chi connectivity index (χ3n) is 3.79. The summed E-state index contributed by atoms with van der Waals surface area (Å²) in [7, 11) is 0. The van der Waals surface area contributed by atoms with Gasteiger partial charge in [0.25, 0.3) is 6.08 Å². The van der Waals surface area contributed by atoms with E-state index < -0.39 is 6.08 Å². The van der Waals surface area contributed by atoms with Gasteiger partial charge in [-0.2, -0.15) is 8.78 Å². The van der Waals surface area contributed by atoms with Crippen molar-refractivity contribution in [2.24, 2.45) is 5.41 Å². The van der Waals surface area contributed by atoms with E-state index in [2.05, 4.69) is 25.7 Å². The quantitative estimate of drug-likeness (QED) is 0.661. The van der Waals surface area contributed by atoms with E-state index in [1.165, 1.54) is 0 Å². The highest BCUT2D eigenvalue weighted by Gasteiger charge is 2.48. The van der Waals surface area contributed by atoms with Crippen LogP contribution < -0.4 is 0 Å². The minimum Gasteiger partial charge on any atom is -0.293 e. The average molecular weight is 229 g/mol. The first kappa shape index (κ1) is 12.0. The van der Waals surface area contributed by atoms with Crippen LogP contribution in [0.2, 0.25) is 0 Å². The van der Waals surface area contributed by atoms with E-state index in [0.717, 1.165) is 25.8 Å². The molecular weight excluding hydrogens is 208 g/mol. The Bertz CT molecular complexity index is 312. The molecule has 2 aliphatic rings. The van der Waals surface area contributed by atoms with E-state index in [9.17, 15) is 8.78 Å². The lowest BCUT2D eigenvalue weighted by Crippen LogP contribution is -2.41. The van der Waals surface area contributed by atoms with Crippen molar-refractivity contribution in [2.75, 3.05) is 13.1 Å². The fourth-order valence-electron chi connectivity index (χ4n) is 3.50. The van der Waals surface area contributed by atoms with Gasteiger partial charge in [0.2, 0.25) is 0 Å². The monoisotopic (exact) mass is 229 g/mol. The van der Waals surface area contributed by atoms with E-state index >= 15 is 0 Å². The highest BCUT2D eigenvalue weighted by Crippen LogP contribution is 2.48. The highest BCUT2D eigenvalue weighted by atomic mass is 19.3. The zero-order valence-corrected chi connectivity index (χ0v) is 10.4. The molecule has 2 rings (SSSR count). The Morgan fingerprint density at radius 2 is 2.06 bits per heavy atom. The third-order valence-corrected chi connectivity index (χ3v) is 3.79. The molecule has 1 atom stereocenters. The number of fused-ring (bicyclic) bond motifs is 1. The van der Waals surface area contributed by atoms with Crippen LogP contribution in [0.15, 0.2) is 11.7 Å². The third kappa shape index (κ3) is 2.15. The number of hydrogen-bond donors (Lipinski definition) is 0. The van der Waals surface area contributed by atoms with Crippen molar-refractivity contribution in [1.29, 1.82) is 0 Å². The molecule has 0 unspecified atom stereocenters. The Kier molecular flexibility index (Phi) is 2.85. The number of nitrogens with zero attached hydrogens (tertiary/aromatic N) is 1. The van der Waals surface area contributed by atoms with Crippen LogP contribution in [0, 0.1) is 5.41 Å². The first-order valence-electron chi connectivity index (χ1n) is 6.11. The van der Waals surface area contributed by atoms with E-state index in [0.29, 0.717) is 18.5 Å². The molecule has 2 heterocycles. The van der Waals surface area contributed by atoms with Crippen molar-refractivity contribution in [2.45, 2.75) is 52.0 Å². The summed E-state index contributed by atoms with van der Waals surface area (Å²) in [6, 6.07) is 0. The second-order valence-corrected chi connectivity index (χ2v) is 6.53. The molecule has 0 aromatic carbocycles. The van der Waals surface area contributed by atoms with Gasteiger partial charge in [0, 0.05) is 17.7 Å². The number of halogens is 2. The number of hydrogen-bond acceptors (Lipinski definition) is 1. The van der Waals surface area contributed by atoms with Gasteiger partial charge in [-0.3, -0.25) is 4.90 Å². The summed E-state index contributed by atoms with van der Waals surface area (Å²) < 4.78 is 25.4. The molecule has 0 N–H and O–H groups in total. The first-order chi connectivity index (χ1) is 7.32.